The maximum Gasteiger partial charge on any atom is 0.337 e. The first-order valence-electron chi connectivity index (χ1n) is 10.6. The second kappa shape index (κ2) is 8.72. The van der Waals surface area contributed by atoms with Gasteiger partial charge in [0.25, 0.3) is 0 Å². The summed E-state index contributed by atoms with van der Waals surface area (Å²) < 4.78 is 0. The van der Waals surface area contributed by atoms with Crippen molar-refractivity contribution in [3.8, 4) is 0 Å². The second-order valence-electron chi connectivity index (χ2n) is 8.35. The van der Waals surface area contributed by atoms with Crippen LogP contribution < -0.4 is 4.90 Å². The van der Waals surface area contributed by atoms with Crippen LogP contribution in [0, 0.1) is 0 Å². The lowest BCUT2D eigenvalue weighted by Gasteiger charge is -2.31. The summed E-state index contributed by atoms with van der Waals surface area (Å²) in [4.78, 5) is 30.7. The van der Waals surface area contributed by atoms with Crippen LogP contribution in [0.4, 0.5) is 5.69 Å². The number of carboxylic acid groups (broad SMARTS) is 1. The molecule has 0 atom stereocenters. The van der Waals surface area contributed by atoms with Gasteiger partial charge in [-0.3, -0.25) is 9.78 Å². The van der Waals surface area contributed by atoms with Gasteiger partial charge in [-0.1, -0.05) is 50.2 Å². The Kier molecular flexibility index (Phi) is 5.85. The van der Waals surface area contributed by atoms with E-state index >= 15 is 0 Å². The number of carbonyl (C=O) groups is 2. The standard InChI is InChI=1S/C26H26N2O3/c1-17(2)19-6-3-5-18(11-19)12-25(29)20-7-4-8-22(13-20)28-10-9-23-21(16-28)14-27-15-24(23)26(30)31/h3-8,11,13-15,17H,9-10,12,16H2,1-2H3,(H,30,31). The molecule has 0 amide bonds. The van der Waals surface area contributed by atoms with Crippen molar-refractivity contribution in [2.45, 2.75) is 39.2 Å². The van der Waals surface area contributed by atoms with Crippen molar-refractivity contribution < 1.29 is 14.7 Å². The van der Waals surface area contributed by atoms with Crippen molar-refractivity contribution in [2.24, 2.45) is 0 Å². The van der Waals surface area contributed by atoms with Gasteiger partial charge in [0.05, 0.1) is 5.56 Å². The maximum absolute atomic E-state index is 13.0. The Morgan fingerprint density at radius 3 is 2.68 bits per heavy atom. The van der Waals surface area contributed by atoms with Crippen molar-refractivity contribution in [1.29, 1.82) is 0 Å². The van der Waals surface area contributed by atoms with Gasteiger partial charge < -0.3 is 10.0 Å². The average Bonchev–Trinajstić information content (AvgIpc) is 2.78. The zero-order valence-electron chi connectivity index (χ0n) is 17.8. The lowest BCUT2D eigenvalue weighted by Crippen LogP contribution is -2.31. The highest BCUT2D eigenvalue weighted by Crippen LogP contribution is 2.27. The van der Waals surface area contributed by atoms with Gasteiger partial charge in [0.15, 0.2) is 5.78 Å². The first kappa shape index (κ1) is 20.8. The molecule has 31 heavy (non-hydrogen) atoms. The van der Waals surface area contributed by atoms with Gasteiger partial charge in [0, 0.05) is 43.2 Å². The Labute approximate surface area is 182 Å². The van der Waals surface area contributed by atoms with Crippen LogP contribution in [0.25, 0.3) is 0 Å². The number of carbonyl (C=O) groups excluding carboxylic acids is 1. The van der Waals surface area contributed by atoms with E-state index in [9.17, 15) is 14.7 Å². The monoisotopic (exact) mass is 414 g/mol. The van der Waals surface area contributed by atoms with Crippen molar-refractivity contribution in [3.63, 3.8) is 0 Å². The smallest absolute Gasteiger partial charge is 0.337 e. The fourth-order valence-corrected chi connectivity index (χ4v) is 4.12. The van der Waals surface area contributed by atoms with Crippen molar-refractivity contribution in [2.75, 3.05) is 11.4 Å². The van der Waals surface area contributed by atoms with Crippen LogP contribution in [0.5, 0.6) is 0 Å². The predicted molar refractivity (Wildman–Crippen MR) is 121 cm³/mol. The minimum Gasteiger partial charge on any atom is -0.478 e. The number of Topliss-reactive ketones (excluding diaryl/α,β-unsaturated/α-hetero) is 1. The summed E-state index contributed by atoms with van der Waals surface area (Å²) in [5.41, 5.74) is 5.99. The summed E-state index contributed by atoms with van der Waals surface area (Å²) in [6.45, 7) is 5.58. The van der Waals surface area contributed by atoms with Gasteiger partial charge in [-0.05, 0) is 46.7 Å². The summed E-state index contributed by atoms with van der Waals surface area (Å²) in [5.74, 6) is -0.418. The molecule has 0 unspecified atom stereocenters. The number of aromatic carboxylic acids is 1. The molecule has 0 saturated carbocycles. The highest BCUT2D eigenvalue weighted by Gasteiger charge is 2.22. The number of rotatable bonds is 6. The Hall–Kier alpha value is -3.47. The van der Waals surface area contributed by atoms with Crippen LogP contribution in [0.2, 0.25) is 0 Å². The largest absolute Gasteiger partial charge is 0.478 e. The number of hydrogen-bond donors (Lipinski definition) is 1. The summed E-state index contributed by atoms with van der Waals surface area (Å²) >= 11 is 0. The molecule has 3 aromatic rings. The molecule has 2 heterocycles. The molecule has 1 N–H and O–H groups in total. The van der Waals surface area contributed by atoms with Gasteiger partial charge >= 0.3 is 5.97 Å². The zero-order valence-corrected chi connectivity index (χ0v) is 17.8. The Morgan fingerprint density at radius 2 is 1.90 bits per heavy atom. The van der Waals surface area contributed by atoms with Crippen LogP contribution in [0.3, 0.4) is 0 Å². The lowest BCUT2D eigenvalue weighted by molar-refractivity contribution is 0.0694. The van der Waals surface area contributed by atoms with E-state index in [0.29, 0.717) is 37.4 Å². The van der Waals surface area contributed by atoms with Crippen LogP contribution in [-0.4, -0.2) is 28.4 Å². The first-order valence-corrected chi connectivity index (χ1v) is 10.6. The molecule has 0 spiro atoms. The molecule has 1 aliphatic heterocycles. The molecule has 0 saturated heterocycles. The Balaban J connectivity index is 1.52. The topological polar surface area (TPSA) is 70.5 Å². The fraction of sp³-hybridized carbons (Fsp3) is 0.269. The number of hydrogen-bond acceptors (Lipinski definition) is 4. The average molecular weight is 415 g/mol. The van der Waals surface area contributed by atoms with Crippen LogP contribution in [-0.2, 0) is 19.4 Å². The third-order valence-electron chi connectivity index (χ3n) is 5.89. The van der Waals surface area contributed by atoms with Gasteiger partial charge in [0.2, 0.25) is 0 Å². The number of ketones is 1. The third kappa shape index (κ3) is 4.50. The van der Waals surface area contributed by atoms with E-state index in [1.54, 1.807) is 6.20 Å². The summed E-state index contributed by atoms with van der Waals surface area (Å²) in [6, 6.07) is 15.9. The normalized spacial score (nSPS) is 13.2. The molecule has 1 aliphatic rings. The van der Waals surface area contributed by atoms with Crippen molar-refractivity contribution >= 4 is 17.4 Å². The van der Waals surface area contributed by atoms with E-state index in [2.05, 4.69) is 35.9 Å². The van der Waals surface area contributed by atoms with Gasteiger partial charge in [-0.15, -0.1) is 0 Å². The minimum atomic E-state index is -0.938. The number of benzene rings is 2. The number of anilines is 1. The Bertz CT molecular complexity index is 1140. The van der Waals surface area contributed by atoms with Crippen molar-refractivity contribution in [3.05, 3.63) is 94.3 Å². The van der Waals surface area contributed by atoms with Gasteiger partial charge in [-0.2, -0.15) is 0 Å². The quantitative estimate of drug-likeness (QED) is 0.582. The fourth-order valence-electron chi connectivity index (χ4n) is 4.12. The van der Waals surface area contributed by atoms with E-state index in [1.165, 1.54) is 11.8 Å². The molecule has 2 aromatic carbocycles. The first-order chi connectivity index (χ1) is 14.9. The van der Waals surface area contributed by atoms with Gasteiger partial charge in [0.1, 0.15) is 0 Å². The highest BCUT2D eigenvalue weighted by atomic mass is 16.4. The second-order valence-corrected chi connectivity index (χ2v) is 8.35. The molecule has 5 nitrogen and oxygen atoms in total. The molecule has 0 aliphatic carbocycles. The molecule has 4 rings (SSSR count). The minimum absolute atomic E-state index is 0.0926. The summed E-state index contributed by atoms with van der Waals surface area (Å²) in [5, 5.41) is 9.40. The van der Waals surface area contributed by atoms with Crippen LogP contribution >= 0.6 is 0 Å². The Morgan fingerprint density at radius 1 is 1.10 bits per heavy atom. The van der Waals surface area contributed by atoms with E-state index < -0.39 is 5.97 Å². The van der Waals surface area contributed by atoms with E-state index in [0.717, 1.165) is 22.4 Å². The lowest BCUT2D eigenvalue weighted by atomic mass is 9.95. The number of fused-ring (bicyclic) bond motifs is 1. The predicted octanol–water partition coefficient (Wildman–Crippen LogP) is 4.89. The summed E-state index contributed by atoms with van der Waals surface area (Å²) in [7, 11) is 0. The summed E-state index contributed by atoms with van der Waals surface area (Å²) in [6.07, 6.45) is 4.17. The van der Waals surface area contributed by atoms with Crippen molar-refractivity contribution in [1.82, 2.24) is 4.98 Å². The van der Waals surface area contributed by atoms with Crippen LogP contribution in [0.1, 0.15) is 62.7 Å². The molecule has 0 fully saturated rings. The number of carboxylic acids is 1. The van der Waals surface area contributed by atoms with E-state index in [-0.39, 0.29) is 11.3 Å². The third-order valence-corrected chi connectivity index (χ3v) is 5.89. The molecular weight excluding hydrogens is 388 g/mol. The molecule has 5 heteroatoms. The zero-order chi connectivity index (χ0) is 22.0. The maximum atomic E-state index is 13.0. The molecular formula is C26H26N2O3. The van der Waals surface area contributed by atoms with E-state index in [1.807, 2.05) is 36.4 Å². The van der Waals surface area contributed by atoms with Gasteiger partial charge in [-0.25, -0.2) is 4.79 Å². The van der Waals surface area contributed by atoms with Crippen LogP contribution in [0.15, 0.2) is 60.9 Å². The molecule has 0 radical (unpaired) electrons. The molecule has 1 aromatic heterocycles. The number of aromatic nitrogens is 1. The molecule has 0 bridgehead atoms. The number of nitrogens with zero attached hydrogens (tertiary/aromatic N) is 2. The molecule has 158 valence electrons. The number of pyridine rings is 1. The highest BCUT2D eigenvalue weighted by molar-refractivity contribution is 5.98. The SMILES string of the molecule is CC(C)c1cccc(CC(=O)c2cccc(N3CCc4c(cncc4C(=O)O)C3)c2)c1. The van der Waals surface area contributed by atoms with E-state index in [4.69, 9.17) is 0 Å².